The molecule has 0 bridgehead atoms. The summed E-state index contributed by atoms with van der Waals surface area (Å²) in [6.07, 6.45) is 0. The van der Waals surface area contributed by atoms with Crippen LogP contribution >= 0.6 is 0 Å². The number of hydrogen-bond acceptors (Lipinski definition) is 4. The Hall–Kier alpha value is -2.17. The molecule has 5 nitrogen and oxygen atoms in total. The van der Waals surface area contributed by atoms with E-state index in [9.17, 15) is 4.79 Å². The number of aromatic nitrogens is 3. The van der Waals surface area contributed by atoms with Crippen LogP contribution in [0.25, 0.3) is 0 Å². The van der Waals surface area contributed by atoms with Gasteiger partial charge in [-0.3, -0.25) is 9.36 Å². The van der Waals surface area contributed by atoms with Crippen LogP contribution in [0.15, 0.2) is 29.1 Å². The van der Waals surface area contributed by atoms with E-state index in [0.29, 0.717) is 12.4 Å². The second-order valence-corrected chi connectivity index (χ2v) is 4.13. The fourth-order valence-corrected chi connectivity index (χ4v) is 1.83. The molecule has 2 rings (SSSR count). The minimum atomic E-state index is -0.0448. The predicted octanol–water partition coefficient (Wildman–Crippen LogP) is 1.35. The van der Waals surface area contributed by atoms with Crippen LogP contribution in [0.5, 0.6) is 0 Å². The highest BCUT2D eigenvalue weighted by Crippen LogP contribution is 2.05. The Morgan fingerprint density at radius 2 is 2.06 bits per heavy atom. The summed E-state index contributed by atoms with van der Waals surface area (Å²) in [6, 6.07) is 7.23. The van der Waals surface area contributed by atoms with Gasteiger partial charge in [-0.05, 0) is 26.0 Å². The van der Waals surface area contributed by atoms with Crippen molar-refractivity contribution in [2.75, 3.05) is 12.4 Å². The molecule has 0 amide bonds. The molecule has 0 aromatic carbocycles. The average molecular weight is 244 g/mol. The molecule has 0 saturated heterocycles. The lowest BCUT2D eigenvalue weighted by Gasteiger charge is -2.10. The van der Waals surface area contributed by atoms with Crippen LogP contribution < -0.4 is 10.9 Å². The standard InChI is InChI=1S/C13H16N4O/c1-9-7-13(18)17(10(2)15-9)8-11-5-4-6-12(14-3)16-11/h4-7H,8H2,1-3H3,(H,14,16). The molecular weight excluding hydrogens is 228 g/mol. The maximum absolute atomic E-state index is 11.9. The van der Waals surface area contributed by atoms with Gasteiger partial charge in [0.25, 0.3) is 5.56 Å². The summed E-state index contributed by atoms with van der Waals surface area (Å²) < 4.78 is 1.62. The van der Waals surface area contributed by atoms with Crippen LogP contribution in [0.2, 0.25) is 0 Å². The first-order valence-electron chi connectivity index (χ1n) is 5.79. The molecule has 2 aromatic heterocycles. The summed E-state index contributed by atoms with van der Waals surface area (Å²) in [7, 11) is 1.82. The van der Waals surface area contributed by atoms with Gasteiger partial charge in [-0.15, -0.1) is 0 Å². The number of rotatable bonds is 3. The third-order valence-corrected chi connectivity index (χ3v) is 2.71. The highest BCUT2D eigenvalue weighted by Gasteiger charge is 2.05. The van der Waals surface area contributed by atoms with Crippen molar-refractivity contribution in [3.05, 3.63) is 51.8 Å². The normalized spacial score (nSPS) is 10.4. The zero-order valence-corrected chi connectivity index (χ0v) is 10.8. The zero-order valence-electron chi connectivity index (χ0n) is 10.8. The predicted molar refractivity (Wildman–Crippen MR) is 70.9 cm³/mol. The molecule has 0 aliphatic heterocycles. The van der Waals surface area contributed by atoms with Crippen LogP contribution in [0, 0.1) is 13.8 Å². The van der Waals surface area contributed by atoms with Gasteiger partial charge in [-0.25, -0.2) is 9.97 Å². The number of hydrogen-bond donors (Lipinski definition) is 1. The maximum Gasteiger partial charge on any atom is 0.254 e. The molecule has 0 fully saturated rings. The molecule has 0 aliphatic rings. The van der Waals surface area contributed by atoms with Crippen molar-refractivity contribution < 1.29 is 0 Å². The van der Waals surface area contributed by atoms with Gasteiger partial charge in [-0.2, -0.15) is 0 Å². The third-order valence-electron chi connectivity index (χ3n) is 2.71. The Morgan fingerprint density at radius 1 is 1.28 bits per heavy atom. The topological polar surface area (TPSA) is 59.8 Å². The second kappa shape index (κ2) is 5.00. The van der Waals surface area contributed by atoms with Gasteiger partial charge in [0.2, 0.25) is 0 Å². The lowest BCUT2D eigenvalue weighted by Crippen LogP contribution is -2.24. The minimum Gasteiger partial charge on any atom is -0.373 e. The minimum absolute atomic E-state index is 0.0448. The lowest BCUT2D eigenvalue weighted by atomic mass is 10.3. The van der Waals surface area contributed by atoms with E-state index in [4.69, 9.17) is 0 Å². The maximum atomic E-state index is 11.9. The fraction of sp³-hybridized carbons (Fsp3) is 0.308. The molecule has 5 heteroatoms. The highest BCUT2D eigenvalue weighted by atomic mass is 16.1. The zero-order chi connectivity index (χ0) is 13.1. The molecular formula is C13H16N4O. The smallest absolute Gasteiger partial charge is 0.254 e. The summed E-state index contributed by atoms with van der Waals surface area (Å²) in [5.74, 6) is 1.50. The van der Waals surface area contributed by atoms with Crippen LogP contribution in [0.4, 0.5) is 5.82 Å². The van der Waals surface area contributed by atoms with E-state index in [1.165, 1.54) is 6.07 Å². The van der Waals surface area contributed by atoms with Crippen molar-refractivity contribution in [2.45, 2.75) is 20.4 Å². The molecule has 0 spiro atoms. The van der Waals surface area contributed by atoms with Crippen molar-refractivity contribution in [3.63, 3.8) is 0 Å². The van der Waals surface area contributed by atoms with Gasteiger partial charge in [0.1, 0.15) is 11.6 Å². The molecule has 94 valence electrons. The van der Waals surface area contributed by atoms with E-state index in [-0.39, 0.29) is 5.56 Å². The van der Waals surface area contributed by atoms with Gasteiger partial charge in [0.05, 0.1) is 12.2 Å². The Labute approximate surface area is 106 Å². The van der Waals surface area contributed by atoms with E-state index in [2.05, 4.69) is 15.3 Å². The molecule has 2 aromatic rings. The van der Waals surface area contributed by atoms with E-state index in [0.717, 1.165) is 17.2 Å². The van der Waals surface area contributed by atoms with Gasteiger partial charge in [0, 0.05) is 18.8 Å². The first-order chi connectivity index (χ1) is 8.60. The number of anilines is 1. The number of pyridine rings is 1. The largest absolute Gasteiger partial charge is 0.373 e. The molecule has 0 radical (unpaired) electrons. The van der Waals surface area contributed by atoms with Gasteiger partial charge >= 0.3 is 0 Å². The van der Waals surface area contributed by atoms with Crippen LogP contribution in [-0.4, -0.2) is 21.6 Å². The molecule has 0 atom stereocenters. The Morgan fingerprint density at radius 3 is 2.72 bits per heavy atom. The summed E-state index contributed by atoms with van der Waals surface area (Å²) >= 11 is 0. The Balaban J connectivity index is 2.37. The summed E-state index contributed by atoms with van der Waals surface area (Å²) in [5, 5.41) is 2.98. The van der Waals surface area contributed by atoms with Crippen LogP contribution in [0.3, 0.4) is 0 Å². The second-order valence-electron chi connectivity index (χ2n) is 4.13. The Kier molecular flexibility index (Phi) is 3.41. The van der Waals surface area contributed by atoms with E-state index < -0.39 is 0 Å². The van der Waals surface area contributed by atoms with Crippen molar-refractivity contribution in [2.24, 2.45) is 0 Å². The van der Waals surface area contributed by atoms with Crippen molar-refractivity contribution in [1.29, 1.82) is 0 Å². The average Bonchev–Trinajstić information content (AvgIpc) is 2.34. The molecule has 2 heterocycles. The number of aryl methyl sites for hydroxylation is 2. The Bertz CT molecular complexity index is 619. The monoisotopic (exact) mass is 244 g/mol. The van der Waals surface area contributed by atoms with Crippen LogP contribution in [-0.2, 0) is 6.54 Å². The fourth-order valence-electron chi connectivity index (χ4n) is 1.83. The first-order valence-corrected chi connectivity index (χ1v) is 5.79. The van der Waals surface area contributed by atoms with Crippen molar-refractivity contribution >= 4 is 5.82 Å². The van der Waals surface area contributed by atoms with Crippen molar-refractivity contribution in [1.82, 2.24) is 14.5 Å². The summed E-state index contributed by atoms with van der Waals surface area (Å²) in [4.78, 5) is 20.6. The van der Waals surface area contributed by atoms with Gasteiger partial charge in [0.15, 0.2) is 0 Å². The molecule has 18 heavy (non-hydrogen) atoms. The molecule has 0 unspecified atom stereocenters. The first kappa shape index (κ1) is 12.3. The molecule has 0 saturated carbocycles. The molecule has 1 N–H and O–H groups in total. The van der Waals surface area contributed by atoms with Crippen molar-refractivity contribution in [3.8, 4) is 0 Å². The molecule has 0 aliphatic carbocycles. The van der Waals surface area contributed by atoms with E-state index >= 15 is 0 Å². The van der Waals surface area contributed by atoms with Gasteiger partial charge < -0.3 is 5.32 Å². The summed E-state index contributed by atoms with van der Waals surface area (Å²) in [5.41, 5.74) is 1.53. The van der Waals surface area contributed by atoms with E-state index in [1.807, 2.05) is 39.1 Å². The highest BCUT2D eigenvalue weighted by molar-refractivity contribution is 5.34. The van der Waals surface area contributed by atoms with Gasteiger partial charge in [-0.1, -0.05) is 6.07 Å². The SMILES string of the molecule is CNc1cccc(Cn2c(C)nc(C)cc2=O)n1. The van der Waals surface area contributed by atoms with Crippen LogP contribution in [0.1, 0.15) is 17.2 Å². The van der Waals surface area contributed by atoms with E-state index in [1.54, 1.807) is 4.57 Å². The summed E-state index contributed by atoms with van der Waals surface area (Å²) in [6.45, 7) is 4.09. The quantitative estimate of drug-likeness (QED) is 0.885. The number of nitrogens with one attached hydrogen (secondary N) is 1. The number of nitrogens with zero attached hydrogens (tertiary/aromatic N) is 3. The lowest BCUT2D eigenvalue weighted by molar-refractivity contribution is 0.681. The third kappa shape index (κ3) is 2.56.